The van der Waals surface area contributed by atoms with Crippen LogP contribution in [0.25, 0.3) is 10.1 Å². The zero-order valence-electron chi connectivity index (χ0n) is 11.5. The van der Waals surface area contributed by atoms with Gasteiger partial charge in [-0.3, -0.25) is 0 Å². The van der Waals surface area contributed by atoms with E-state index in [2.05, 4.69) is 12.2 Å². The lowest BCUT2D eigenvalue weighted by Crippen LogP contribution is -2.12. The summed E-state index contributed by atoms with van der Waals surface area (Å²) in [6, 6.07) is 3.87. The average molecular weight is 310 g/mol. The molecule has 1 atom stereocenters. The minimum absolute atomic E-state index is 0.222. The number of rotatable bonds is 2. The number of esters is 1. The molecule has 0 bridgehead atoms. The van der Waals surface area contributed by atoms with Crippen molar-refractivity contribution < 1.29 is 9.53 Å². The molecule has 0 saturated heterocycles. The van der Waals surface area contributed by atoms with Crippen LogP contribution >= 0.6 is 22.9 Å². The molecule has 3 nitrogen and oxygen atoms in total. The third kappa shape index (κ3) is 2.17. The minimum Gasteiger partial charge on any atom is -0.462 e. The van der Waals surface area contributed by atoms with Gasteiger partial charge in [-0.1, -0.05) is 18.5 Å². The van der Waals surface area contributed by atoms with Crippen molar-refractivity contribution in [2.45, 2.75) is 20.3 Å². The molecule has 0 spiro atoms. The van der Waals surface area contributed by atoms with E-state index in [0.29, 0.717) is 17.5 Å². The van der Waals surface area contributed by atoms with Crippen LogP contribution in [0, 0.1) is 5.92 Å². The topological polar surface area (TPSA) is 38.3 Å². The number of thiophene rings is 1. The van der Waals surface area contributed by atoms with Crippen molar-refractivity contribution in [3.8, 4) is 0 Å². The highest BCUT2D eigenvalue weighted by molar-refractivity contribution is 7.21. The van der Waals surface area contributed by atoms with E-state index >= 15 is 0 Å². The van der Waals surface area contributed by atoms with Crippen molar-refractivity contribution in [1.29, 1.82) is 0 Å². The monoisotopic (exact) mass is 309 g/mol. The van der Waals surface area contributed by atoms with Gasteiger partial charge >= 0.3 is 5.97 Å². The maximum absolute atomic E-state index is 12.2. The Morgan fingerprint density at radius 2 is 2.35 bits per heavy atom. The van der Waals surface area contributed by atoms with E-state index in [1.807, 2.05) is 19.1 Å². The zero-order valence-corrected chi connectivity index (χ0v) is 13.0. The third-order valence-electron chi connectivity index (χ3n) is 3.54. The summed E-state index contributed by atoms with van der Waals surface area (Å²) in [6.45, 7) is 5.26. The Hall–Kier alpha value is -1.26. The first-order chi connectivity index (χ1) is 9.61. The second-order valence-electron chi connectivity index (χ2n) is 5.12. The molecule has 1 aromatic carbocycles. The van der Waals surface area contributed by atoms with Crippen molar-refractivity contribution in [1.82, 2.24) is 0 Å². The van der Waals surface area contributed by atoms with Gasteiger partial charge in [0.1, 0.15) is 4.88 Å². The van der Waals surface area contributed by atoms with E-state index in [4.69, 9.17) is 16.3 Å². The van der Waals surface area contributed by atoms with Gasteiger partial charge in [0.15, 0.2) is 0 Å². The molecule has 1 N–H and O–H groups in total. The fourth-order valence-electron chi connectivity index (χ4n) is 2.65. The van der Waals surface area contributed by atoms with Crippen LogP contribution in [-0.2, 0) is 11.2 Å². The largest absolute Gasteiger partial charge is 0.462 e. The highest BCUT2D eigenvalue weighted by atomic mass is 35.5. The van der Waals surface area contributed by atoms with Gasteiger partial charge in [-0.15, -0.1) is 11.3 Å². The summed E-state index contributed by atoms with van der Waals surface area (Å²) in [5.74, 6) is 0.226. The maximum atomic E-state index is 12.2. The molecule has 2 aromatic rings. The molecule has 2 heterocycles. The predicted molar refractivity (Wildman–Crippen MR) is 84.1 cm³/mol. The normalized spacial score (nSPS) is 17.6. The quantitative estimate of drug-likeness (QED) is 0.839. The molecule has 1 unspecified atom stereocenters. The number of hydrogen-bond acceptors (Lipinski definition) is 4. The Balaban J connectivity index is 2.25. The van der Waals surface area contributed by atoms with Crippen molar-refractivity contribution in [2.75, 3.05) is 18.5 Å². The van der Waals surface area contributed by atoms with Crippen LogP contribution < -0.4 is 5.32 Å². The van der Waals surface area contributed by atoms with E-state index in [0.717, 1.165) is 39.2 Å². The number of nitrogens with one attached hydrogen (secondary N) is 1. The van der Waals surface area contributed by atoms with Crippen LogP contribution in [0.4, 0.5) is 5.69 Å². The number of carbonyl (C=O) groups excluding carboxylic acids is 1. The van der Waals surface area contributed by atoms with Crippen molar-refractivity contribution in [2.24, 2.45) is 5.92 Å². The average Bonchev–Trinajstić information content (AvgIpc) is 2.67. The van der Waals surface area contributed by atoms with Gasteiger partial charge in [0.25, 0.3) is 0 Å². The molecule has 0 radical (unpaired) electrons. The Morgan fingerprint density at radius 3 is 3.10 bits per heavy atom. The van der Waals surface area contributed by atoms with Crippen molar-refractivity contribution in [3.63, 3.8) is 0 Å². The number of benzene rings is 1. The van der Waals surface area contributed by atoms with E-state index in [1.165, 1.54) is 11.3 Å². The number of anilines is 1. The smallest absolute Gasteiger partial charge is 0.348 e. The van der Waals surface area contributed by atoms with Gasteiger partial charge in [0.05, 0.1) is 17.3 Å². The molecule has 5 heteroatoms. The Bertz CT molecular complexity index is 680. The third-order valence-corrected chi connectivity index (χ3v) is 5.04. The van der Waals surface area contributed by atoms with Gasteiger partial charge in [-0.05, 0) is 37.0 Å². The number of ether oxygens (including phenoxy) is 1. The Labute approximate surface area is 126 Å². The van der Waals surface area contributed by atoms with Crippen molar-refractivity contribution in [3.05, 3.63) is 27.6 Å². The van der Waals surface area contributed by atoms with Gasteiger partial charge in [-0.25, -0.2) is 4.79 Å². The summed E-state index contributed by atoms with van der Waals surface area (Å²) in [5, 5.41) is 5.22. The Kier molecular flexibility index (Phi) is 3.61. The van der Waals surface area contributed by atoms with E-state index in [-0.39, 0.29) is 5.97 Å². The molecule has 3 rings (SSSR count). The molecule has 0 aliphatic carbocycles. The summed E-state index contributed by atoms with van der Waals surface area (Å²) >= 11 is 7.80. The molecule has 0 amide bonds. The van der Waals surface area contributed by atoms with Gasteiger partial charge < -0.3 is 10.1 Å². The van der Waals surface area contributed by atoms with Gasteiger partial charge in [-0.2, -0.15) is 0 Å². The highest BCUT2D eigenvalue weighted by Crippen LogP contribution is 2.42. The number of carbonyl (C=O) groups is 1. The molecule has 1 aliphatic heterocycles. The van der Waals surface area contributed by atoms with Crippen LogP contribution in [0.3, 0.4) is 0 Å². The summed E-state index contributed by atoms with van der Waals surface area (Å²) in [6.07, 6.45) is 0.870. The lowest BCUT2D eigenvalue weighted by atomic mass is 10.00. The zero-order chi connectivity index (χ0) is 14.3. The van der Waals surface area contributed by atoms with Gasteiger partial charge in [0.2, 0.25) is 0 Å². The summed E-state index contributed by atoms with van der Waals surface area (Å²) in [7, 11) is 0. The molecule has 1 aliphatic rings. The predicted octanol–water partition coefficient (Wildman–Crippen LogP) is 4.34. The molecule has 106 valence electrons. The molecule has 0 fully saturated rings. The SMILES string of the molecule is CCOC(=O)c1sc2ccc(Cl)c3c2c1CC(C)CN3. The first-order valence-corrected chi connectivity index (χ1v) is 7.96. The van der Waals surface area contributed by atoms with Crippen LogP contribution in [0.15, 0.2) is 12.1 Å². The maximum Gasteiger partial charge on any atom is 0.348 e. The second-order valence-corrected chi connectivity index (χ2v) is 6.58. The van der Waals surface area contributed by atoms with Crippen LogP contribution in [0.5, 0.6) is 0 Å². The lowest BCUT2D eigenvalue weighted by Gasteiger charge is -2.10. The number of halogens is 1. The summed E-state index contributed by atoms with van der Waals surface area (Å²) in [4.78, 5) is 12.9. The molecule has 20 heavy (non-hydrogen) atoms. The Morgan fingerprint density at radius 1 is 1.55 bits per heavy atom. The van der Waals surface area contributed by atoms with Gasteiger partial charge in [0, 0.05) is 16.6 Å². The molecular weight excluding hydrogens is 294 g/mol. The minimum atomic E-state index is -0.222. The van der Waals surface area contributed by atoms with E-state index in [9.17, 15) is 4.79 Å². The molecule has 0 saturated carbocycles. The van der Waals surface area contributed by atoms with E-state index in [1.54, 1.807) is 0 Å². The summed E-state index contributed by atoms with van der Waals surface area (Å²) < 4.78 is 6.28. The lowest BCUT2D eigenvalue weighted by molar-refractivity contribution is 0.0531. The van der Waals surface area contributed by atoms with Crippen LogP contribution in [0.2, 0.25) is 5.02 Å². The number of hydrogen-bond donors (Lipinski definition) is 1. The van der Waals surface area contributed by atoms with E-state index < -0.39 is 0 Å². The first-order valence-electron chi connectivity index (χ1n) is 6.76. The standard InChI is InChI=1S/C15H16ClNO2S/c1-3-19-15(18)14-9-6-8(2)7-17-13-10(16)4-5-11(20-14)12(9)13/h4-5,8,17H,3,6-7H2,1-2H3. The highest BCUT2D eigenvalue weighted by Gasteiger charge is 2.26. The molecule has 1 aromatic heterocycles. The molecular formula is C15H16ClNO2S. The van der Waals surface area contributed by atoms with Crippen LogP contribution in [0.1, 0.15) is 29.1 Å². The van der Waals surface area contributed by atoms with Crippen LogP contribution in [-0.4, -0.2) is 19.1 Å². The summed E-state index contributed by atoms with van der Waals surface area (Å²) in [5.41, 5.74) is 2.04. The fourth-order valence-corrected chi connectivity index (χ4v) is 4.01. The second kappa shape index (κ2) is 5.26. The van der Waals surface area contributed by atoms with Crippen molar-refractivity contribution >= 4 is 44.7 Å². The fraction of sp³-hybridized carbons (Fsp3) is 0.400. The first kappa shape index (κ1) is 13.7.